The van der Waals surface area contributed by atoms with Crippen LogP contribution in [0.15, 0.2) is 58.1 Å². The Labute approximate surface area is 103 Å². The van der Waals surface area contributed by atoms with Gasteiger partial charge in [-0.05, 0) is 23.6 Å². The molecule has 0 saturated carbocycles. The topological polar surface area (TPSA) is 61.2 Å². The molecule has 4 nitrogen and oxygen atoms in total. The Balaban J connectivity index is 2.20. The molecule has 2 N–H and O–H groups in total. The van der Waals surface area contributed by atoms with E-state index in [9.17, 15) is 4.79 Å². The van der Waals surface area contributed by atoms with Gasteiger partial charge >= 0.3 is 0 Å². The number of nitrogens with two attached hydrogens (primary N) is 1. The lowest BCUT2D eigenvalue weighted by atomic mass is 10.1. The summed E-state index contributed by atoms with van der Waals surface area (Å²) >= 11 is 0. The standard InChI is InChI=1S/C14H12N2O2/c15-13-7-11-3-1-2-4-12(11)14(17)16(13)8-10-5-6-18-9-10/h1-7,9H,8,15H2. The number of nitrogen functional groups attached to an aromatic ring is 1. The summed E-state index contributed by atoms with van der Waals surface area (Å²) < 4.78 is 6.55. The van der Waals surface area contributed by atoms with Crippen LogP contribution < -0.4 is 11.3 Å². The van der Waals surface area contributed by atoms with Crippen molar-refractivity contribution in [2.45, 2.75) is 6.54 Å². The van der Waals surface area contributed by atoms with Gasteiger partial charge in [0.05, 0.1) is 19.1 Å². The van der Waals surface area contributed by atoms with Crippen LogP contribution in [-0.4, -0.2) is 4.57 Å². The van der Waals surface area contributed by atoms with Gasteiger partial charge in [0.15, 0.2) is 0 Å². The van der Waals surface area contributed by atoms with Gasteiger partial charge in [-0.2, -0.15) is 0 Å². The van der Waals surface area contributed by atoms with Gasteiger partial charge < -0.3 is 10.2 Å². The van der Waals surface area contributed by atoms with Crippen LogP contribution in [0.4, 0.5) is 5.82 Å². The maximum atomic E-state index is 12.3. The van der Waals surface area contributed by atoms with Crippen LogP contribution in [-0.2, 0) is 6.54 Å². The minimum absolute atomic E-state index is 0.0770. The fourth-order valence-corrected chi connectivity index (χ4v) is 2.05. The quantitative estimate of drug-likeness (QED) is 0.747. The van der Waals surface area contributed by atoms with Gasteiger partial charge in [-0.1, -0.05) is 18.2 Å². The largest absolute Gasteiger partial charge is 0.472 e. The SMILES string of the molecule is Nc1cc2ccccc2c(=O)n1Cc1ccoc1. The fourth-order valence-electron chi connectivity index (χ4n) is 2.05. The number of anilines is 1. The second-order valence-electron chi connectivity index (χ2n) is 4.18. The number of hydrogen-bond acceptors (Lipinski definition) is 3. The van der Waals surface area contributed by atoms with Crippen molar-refractivity contribution in [3.05, 3.63) is 64.8 Å². The molecule has 3 aromatic rings. The Morgan fingerprint density at radius 3 is 2.83 bits per heavy atom. The Morgan fingerprint density at radius 2 is 2.06 bits per heavy atom. The summed E-state index contributed by atoms with van der Waals surface area (Å²) in [6.45, 7) is 0.423. The second kappa shape index (κ2) is 4.07. The zero-order valence-electron chi connectivity index (χ0n) is 9.67. The van der Waals surface area contributed by atoms with Crippen molar-refractivity contribution in [2.24, 2.45) is 0 Å². The van der Waals surface area contributed by atoms with E-state index in [1.807, 2.05) is 36.4 Å². The molecule has 1 aromatic carbocycles. The highest BCUT2D eigenvalue weighted by molar-refractivity contribution is 5.83. The van der Waals surface area contributed by atoms with Gasteiger partial charge in [0.1, 0.15) is 5.82 Å². The van der Waals surface area contributed by atoms with Crippen LogP contribution in [0.2, 0.25) is 0 Å². The number of fused-ring (bicyclic) bond motifs is 1. The number of hydrogen-bond donors (Lipinski definition) is 1. The number of aromatic nitrogens is 1. The minimum atomic E-state index is -0.0770. The van der Waals surface area contributed by atoms with Crippen LogP contribution in [0.1, 0.15) is 5.56 Å². The number of pyridine rings is 1. The second-order valence-corrected chi connectivity index (χ2v) is 4.18. The van der Waals surface area contributed by atoms with Crippen molar-refractivity contribution in [1.82, 2.24) is 4.57 Å². The highest BCUT2D eigenvalue weighted by Gasteiger charge is 2.07. The highest BCUT2D eigenvalue weighted by Crippen LogP contribution is 2.14. The molecule has 2 heterocycles. The van der Waals surface area contributed by atoms with Crippen LogP contribution in [0.25, 0.3) is 10.8 Å². The zero-order valence-corrected chi connectivity index (χ0v) is 9.67. The van der Waals surface area contributed by atoms with Crippen LogP contribution in [0.3, 0.4) is 0 Å². The summed E-state index contributed by atoms with van der Waals surface area (Å²) in [6.07, 6.45) is 3.19. The third-order valence-electron chi connectivity index (χ3n) is 2.97. The molecule has 0 fully saturated rings. The number of rotatable bonds is 2. The van der Waals surface area contributed by atoms with Gasteiger partial charge in [0.2, 0.25) is 0 Å². The molecular formula is C14H12N2O2. The first-order chi connectivity index (χ1) is 8.75. The van der Waals surface area contributed by atoms with Crippen molar-refractivity contribution < 1.29 is 4.42 Å². The van der Waals surface area contributed by atoms with E-state index >= 15 is 0 Å². The van der Waals surface area contributed by atoms with E-state index in [4.69, 9.17) is 10.2 Å². The number of nitrogens with zero attached hydrogens (tertiary/aromatic N) is 1. The lowest BCUT2D eigenvalue weighted by Gasteiger charge is -2.09. The molecule has 0 spiro atoms. The fraction of sp³-hybridized carbons (Fsp3) is 0.0714. The summed E-state index contributed by atoms with van der Waals surface area (Å²) in [5.74, 6) is 0.458. The molecule has 0 radical (unpaired) electrons. The molecule has 3 rings (SSSR count). The average molecular weight is 240 g/mol. The van der Waals surface area contributed by atoms with Gasteiger partial charge in [0.25, 0.3) is 5.56 Å². The molecule has 0 amide bonds. The number of furan rings is 1. The first-order valence-corrected chi connectivity index (χ1v) is 5.65. The van der Waals surface area contributed by atoms with Crippen molar-refractivity contribution in [2.75, 3.05) is 5.73 Å². The molecule has 0 bridgehead atoms. The molecule has 0 aliphatic heterocycles. The Bertz CT molecular complexity index is 742. The lowest BCUT2D eigenvalue weighted by Crippen LogP contribution is -2.23. The molecule has 0 saturated heterocycles. The zero-order chi connectivity index (χ0) is 12.5. The summed E-state index contributed by atoms with van der Waals surface area (Å²) in [4.78, 5) is 12.3. The Kier molecular flexibility index (Phi) is 2.41. The first-order valence-electron chi connectivity index (χ1n) is 5.65. The molecule has 0 aliphatic rings. The molecule has 0 unspecified atom stereocenters. The van der Waals surface area contributed by atoms with E-state index in [1.54, 1.807) is 17.1 Å². The van der Waals surface area contributed by atoms with Gasteiger partial charge in [-0.3, -0.25) is 9.36 Å². The summed E-state index contributed by atoms with van der Waals surface area (Å²) in [6, 6.07) is 11.1. The van der Waals surface area contributed by atoms with E-state index in [0.717, 1.165) is 10.9 Å². The summed E-state index contributed by atoms with van der Waals surface area (Å²) in [7, 11) is 0. The van der Waals surface area contributed by atoms with Gasteiger partial charge in [-0.15, -0.1) is 0 Å². The highest BCUT2D eigenvalue weighted by atomic mass is 16.3. The third kappa shape index (κ3) is 1.68. The van der Waals surface area contributed by atoms with Crippen LogP contribution in [0.5, 0.6) is 0 Å². The molecular weight excluding hydrogens is 228 g/mol. The van der Waals surface area contributed by atoms with E-state index < -0.39 is 0 Å². The smallest absolute Gasteiger partial charge is 0.260 e. The average Bonchev–Trinajstić information content (AvgIpc) is 2.87. The monoisotopic (exact) mass is 240 g/mol. The van der Waals surface area contributed by atoms with Gasteiger partial charge in [-0.25, -0.2) is 0 Å². The normalized spacial score (nSPS) is 10.9. The molecule has 18 heavy (non-hydrogen) atoms. The number of benzene rings is 1. The molecule has 4 heteroatoms. The van der Waals surface area contributed by atoms with Crippen molar-refractivity contribution in [3.63, 3.8) is 0 Å². The maximum Gasteiger partial charge on any atom is 0.260 e. The lowest BCUT2D eigenvalue weighted by molar-refractivity contribution is 0.562. The third-order valence-corrected chi connectivity index (χ3v) is 2.97. The van der Waals surface area contributed by atoms with Crippen molar-refractivity contribution in [1.29, 1.82) is 0 Å². The minimum Gasteiger partial charge on any atom is -0.472 e. The Hall–Kier alpha value is -2.49. The van der Waals surface area contributed by atoms with E-state index in [1.165, 1.54) is 0 Å². The predicted octanol–water partition coefficient (Wildman–Crippen LogP) is 2.22. The molecule has 90 valence electrons. The van der Waals surface area contributed by atoms with E-state index in [0.29, 0.717) is 17.7 Å². The Morgan fingerprint density at radius 1 is 1.22 bits per heavy atom. The van der Waals surface area contributed by atoms with E-state index in [-0.39, 0.29) is 5.56 Å². The molecule has 0 atom stereocenters. The summed E-state index contributed by atoms with van der Waals surface area (Å²) in [5, 5.41) is 1.54. The van der Waals surface area contributed by atoms with Crippen LogP contribution in [0, 0.1) is 0 Å². The van der Waals surface area contributed by atoms with Crippen LogP contribution >= 0.6 is 0 Å². The predicted molar refractivity (Wildman–Crippen MR) is 70.4 cm³/mol. The van der Waals surface area contributed by atoms with Crippen molar-refractivity contribution >= 4 is 16.6 Å². The van der Waals surface area contributed by atoms with Crippen molar-refractivity contribution in [3.8, 4) is 0 Å². The first kappa shape index (κ1) is 10.7. The van der Waals surface area contributed by atoms with E-state index in [2.05, 4.69) is 0 Å². The molecule has 0 aliphatic carbocycles. The summed E-state index contributed by atoms with van der Waals surface area (Å²) in [5.41, 5.74) is 6.78. The van der Waals surface area contributed by atoms with Gasteiger partial charge in [0, 0.05) is 10.9 Å². The molecule has 2 aromatic heterocycles. The maximum absolute atomic E-state index is 12.3.